The first-order valence-electron chi connectivity index (χ1n) is 7.53. The van der Waals surface area contributed by atoms with Crippen molar-refractivity contribution < 1.29 is 0 Å². The Labute approximate surface area is 111 Å². The molecule has 1 fully saturated rings. The van der Waals surface area contributed by atoms with E-state index in [9.17, 15) is 0 Å². The highest BCUT2D eigenvalue weighted by Crippen LogP contribution is 2.62. The molecule has 0 amide bonds. The molecular formula is C17H25N. The highest BCUT2D eigenvalue weighted by molar-refractivity contribution is 5.39. The molecule has 3 rings (SSSR count). The van der Waals surface area contributed by atoms with Gasteiger partial charge in [-0.3, -0.25) is 0 Å². The number of aryl methyl sites for hydroxylation is 1. The second-order valence-corrected chi connectivity index (χ2v) is 6.27. The van der Waals surface area contributed by atoms with Gasteiger partial charge in [0.05, 0.1) is 0 Å². The lowest BCUT2D eigenvalue weighted by molar-refractivity contribution is -0.0390. The van der Waals surface area contributed by atoms with Gasteiger partial charge < -0.3 is 5.32 Å². The van der Waals surface area contributed by atoms with Gasteiger partial charge in [-0.1, -0.05) is 45.0 Å². The summed E-state index contributed by atoms with van der Waals surface area (Å²) in [5, 5.41) is 3.75. The van der Waals surface area contributed by atoms with E-state index in [4.69, 9.17) is 0 Å². The van der Waals surface area contributed by atoms with E-state index < -0.39 is 0 Å². The van der Waals surface area contributed by atoms with Gasteiger partial charge in [0.15, 0.2) is 0 Å². The Morgan fingerprint density at radius 3 is 2.78 bits per heavy atom. The standard InChI is InChI=1S/C17H25N/c1-4-17(3)15-13-9-7-6-8-12(13)10-11-14(15)16(17)18-5-2/h6-9,14-16,18H,4-5,10-11H2,1-3H3. The highest BCUT2D eigenvalue weighted by atomic mass is 15.0. The van der Waals surface area contributed by atoms with Crippen LogP contribution in [0.15, 0.2) is 24.3 Å². The fraction of sp³-hybridized carbons (Fsp3) is 0.647. The second-order valence-electron chi connectivity index (χ2n) is 6.27. The summed E-state index contributed by atoms with van der Waals surface area (Å²) in [6.07, 6.45) is 3.92. The topological polar surface area (TPSA) is 12.0 Å². The number of fused-ring (bicyclic) bond motifs is 3. The summed E-state index contributed by atoms with van der Waals surface area (Å²) in [6, 6.07) is 9.86. The van der Waals surface area contributed by atoms with Gasteiger partial charge >= 0.3 is 0 Å². The van der Waals surface area contributed by atoms with Crippen LogP contribution < -0.4 is 5.32 Å². The molecule has 0 bridgehead atoms. The van der Waals surface area contributed by atoms with Crippen molar-refractivity contribution in [3.63, 3.8) is 0 Å². The van der Waals surface area contributed by atoms with Crippen molar-refractivity contribution >= 4 is 0 Å². The van der Waals surface area contributed by atoms with E-state index in [1.807, 2.05) is 0 Å². The number of benzene rings is 1. The van der Waals surface area contributed by atoms with E-state index in [0.717, 1.165) is 24.4 Å². The molecule has 0 spiro atoms. The van der Waals surface area contributed by atoms with Crippen molar-refractivity contribution in [3.05, 3.63) is 35.4 Å². The van der Waals surface area contributed by atoms with Gasteiger partial charge in [0, 0.05) is 6.04 Å². The first kappa shape index (κ1) is 12.2. The van der Waals surface area contributed by atoms with E-state index in [0.29, 0.717) is 5.41 Å². The molecule has 0 heterocycles. The Balaban J connectivity index is 1.97. The molecule has 4 atom stereocenters. The molecule has 2 aliphatic rings. The van der Waals surface area contributed by atoms with E-state index in [1.54, 1.807) is 11.1 Å². The third-order valence-corrected chi connectivity index (χ3v) is 5.60. The van der Waals surface area contributed by atoms with Gasteiger partial charge in [-0.2, -0.15) is 0 Å². The second kappa shape index (κ2) is 4.38. The Kier molecular flexibility index (Phi) is 2.97. The fourth-order valence-electron chi connectivity index (χ4n) is 4.60. The van der Waals surface area contributed by atoms with E-state index >= 15 is 0 Å². The van der Waals surface area contributed by atoms with Crippen LogP contribution in [0.3, 0.4) is 0 Å². The van der Waals surface area contributed by atoms with Crippen LogP contribution in [0.4, 0.5) is 0 Å². The molecule has 4 unspecified atom stereocenters. The van der Waals surface area contributed by atoms with Crippen LogP contribution in [-0.2, 0) is 6.42 Å². The minimum absolute atomic E-state index is 0.456. The zero-order valence-corrected chi connectivity index (χ0v) is 11.9. The number of hydrogen-bond acceptors (Lipinski definition) is 1. The quantitative estimate of drug-likeness (QED) is 0.852. The minimum atomic E-state index is 0.456. The summed E-state index contributed by atoms with van der Waals surface area (Å²) >= 11 is 0. The third-order valence-electron chi connectivity index (χ3n) is 5.60. The summed E-state index contributed by atoms with van der Waals surface area (Å²) < 4.78 is 0. The Morgan fingerprint density at radius 1 is 1.28 bits per heavy atom. The van der Waals surface area contributed by atoms with E-state index in [2.05, 4.69) is 50.4 Å². The Hall–Kier alpha value is -0.820. The first-order valence-corrected chi connectivity index (χ1v) is 7.53. The summed E-state index contributed by atoms with van der Waals surface area (Å²) in [7, 11) is 0. The number of hydrogen-bond donors (Lipinski definition) is 1. The van der Waals surface area contributed by atoms with Gasteiger partial charge in [0.2, 0.25) is 0 Å². The van der Waals surface area contributed by atoms with Crippen molar-refractivity contribution in [1.82, 2.24) is 5.32 Å². The van der Waals surface area contributed by atoms with Crippen LogP contribution in [0.5, 0.6) is 0 Å². The van der Waals surface area contributed by atoms with Gasteiger partial charge in [-0.15, -0.1) is 0 Å². The summed E-state index contributed by atoms with van der Waals surface area (Å²) in [4.78, 5) is 0. The summed E-state index contributed by atoms with van der Waals surface area (Å²) in [5.41, 5.74) is 3.71. The maximum atomic E-state index is 3.75. The SMILES string of the molecule is CCNC1C2CCc3ccccc3C2C1(C)CC. The maximum absolute atomic E-state index is 3.75. The van der Waals surface area contributed by atoms with Crippen molar-refractivity contribution in [1.29, 1.82) is 0 Å². The molecule has 1 saturated carbocycles. The van der Waals surface area contributed by atoms with Crippen molar-refractivity contribution in [3.8, 4) is 0 Å². The largest absolute Gasteiger partial charge is 0.313 e. The fourth-order valence-corrected chi connectivity index (χ4v) is 4.60. The number of rotatable bonds is 3. The molecule has 98 valence electrons. The molecule has 18 heavy (non-hydrogen) atoms. The monoisotopic (exact) mass is 243 g/mol. The Bertz CT molecular complexity index is 439. The predicted octanol–water partition coefficient (Wildman–Crippen LogP) is 3.74. The van der Waals surface area contributed by atoms with Crippen molar-refractivity contribution in [2.24, 2.45) is 11.3 Å². The van der Waals surface area contributed by atoms with Gasteiger partial charge in [-0.05, 0) is 54.2 Å². The summed E-state index contributed by atoms with van der Waals surface area (Å²) in [6.45, 7) is 8.19. The van der Waals surface area contributed by atoms with Crippen molar-refractivity contribution in [2.45, 2.75) is 52.0 Å². The highest BCUT2D eigenvalue weighted by Gasteiger charge is 2.58. The molecular weight excluding hydrogens is 218 g/mol. The third kappa shape index (κ3) is 1.50. The van der Waals surface area contributed by atoms with Crippen LogP contribution in [0.25, 0.3) is 0 Å². The maximum Gasteiger partial charge on any atom is 0.0161 e. The molecule has 1 aromatic carbocycles. The van der Waals surface area contributed by atoms with Gasteiger partial charge in [0.1, 0.15) is 0 Å². The average Bonchev–Trinajstić information content (AvgIpc) is 2.42. The Morgan fingerprint density at radius 2 is 2.06 bits per heavy atom. The molecule has 0 radical (unpaired) electrons. The molecule has 0 aromatic heterocycles. The van der Waals surface area contributed by atoms with E-state index in [-0.39, 0.29) is 0 Å². The van der Waals surface area contributed by atoms with Gasteiger partial charge in [0.25, 0.3) is 0 Å². The molecule has 2 aliphatic carbocycles. The zero-order valence-electron chi connectivity index (χ0n) is 11.9. The zero-order chi connectivity index (χ0) is 12.8. The lowest BCUT2D eigenvalue weighted by atomic mass is 9.45. The molecule has 1 aromatic rings. The van der Waals surface area contributed by atoms with Crippen molar-refractivity contribution in [2.75, 3.05) is 6.54 Å². The van der Waals surface area contributed by atoms with Crippen LogP contribution >= 0.6 is 0 Å². The lowest BCUT2D eigenvalue weighted by Gasteiger charge is -2.63. The molecule has 0 aliphatic heterocycles. The van der Waals surface area contributed by atoms with Crippen LogP contribution in [0, 0.1) is 11.3 Å². The molecule has 1 N–H and O–H groups in total. The van der Waals surface area contributed by atoms with Crippen LogP contribution in [0.1, 0.15) is 50.7 Å². The predicted molar refractivity (Wildman–Crippen MR) is 76.9 cm³/mol. The first-order chi connectivity index (χ1) is 8.72. The van der Waals surface area contributed by atoms with Crippen LogP contribution in [-0.4, -0.2) is 12.6 Å². The normalized spacial score (nSPS) is 37.6. The molecule has 0 saturated heterocycles. The van der Waals surface area contributed by atoms with E-state index in [1.165, 1.54) is 19.3 Å². The minimum Gasteiger partial charge on any atom is -0.313 e. The molecule has 1 nitrogen and oxygen atoms in total. The smallest absolute Gasteiger partial charge is 0.0161 e. The summed E-state index contributed by atoms with van der Waals surface area (Å²) in [5.74, 6) is 1.65. The van der Waals surface area contributed by atoms with Gasteiger partial charge in [-0.25, -0.2) is 0 Å². The average molecular weight is 243 g/mol. The van der Waals surface area contributed by atoms with Crippen LogP contribution in [0.2, 0.25) is 0 Å². The lowest BCUT2D eigenvalue weighted by Crippen LogP contribution is -2.64. The number of nitrogens with one attached hydrogen (secondary N) is 1. The molecule has 1 heteroatoms.